The standard InChI is InChI=1S/C12H22N4O2S/c1-9(2)13-7-10-8-14-15-12(10)19(17,18)16-11-5-3-4-6-11/h8-9,11,13,16H,3-7H2,1-2H3,(H,14,15). The number of rotatable bonds is 6. The van der Waals surface area contributed by atoms with Crippen molar-refractivity contribution in [3.63, 3.8) is 0 Å². The molecular formula is C12H22N4O2S. The Morgan fingerprint density at radius 1 is 1.42 bits per heavy atom. The van der Waals surface area contributed by atoms with Crippen LogP contribution in [-0.2, 0) is 16.6 Å². The van der Waals surface area contributed by atoms with Crippen molar-refractivity contribution in [2.45, 2.75) is 63.2 Å². The highest BCUT2D eigenvalue weighted by Crippen LogP contribution is 2.20. The molecular weight excluding hydrogens is 264 g/mol. The number of sulfonamides is 1. The van der Waals surface area contributed by atoms with Gasteiger partial charge in [0.15, 0.2) is 5.03 Å². The molecule has 0 amide bonds. The molecule has 108 valence electrons. The third-order valence-electron chi connectivity index (χ3n) is 3.32. The molecule has 1 fully saturated rings. The lowest BCUT2D eigenvalue weighted by Gasteiger charge is -2.13. The molecule has 1 saturated carbocycles. The first-order valence-electron chi connectivity index (χ1n) is 6.77. The highest BCUT2D eigenvalue weighted by molar-refractivity contribution is 7.89. The number of hydrogen-bond acceptors (Lipinski definition) is 4. The Morgan fingerprint density at radius 2 is 2.11 bits per heavy atom. The van der Waals surface area contributed by atoms with Crippen LogP contribution in [0.2, 0.25) is 0 Å². The fourth-order valence-corrected chi connectivity index (χ4v) is 3.73. The Bertz CT molecular complexity index is 504. The van der Waals surface area contributed by atoms with Gasteiger partial charge in [-0.25, -0.2) is 13.1 Å². The lowest BCUT2D eigenvalue weighted by Crippen LogP contribution is -2.34. The largest absolute Gasteiger partial charge is 0.310 e. The molecule has 2 rings (SSSR count). The summed E-state index contributed by atoms with van der Waals surface area (Å²) in [6.07, 6.45) is 5.61. The van der Waals surface area contributed by atoms with E-state index >= 15 is 0 Å². The Morgan fingerprint density at radius 3 is 2.74 bits per heavy atom. The summed E-state index contributed by atoms with van der Waals surface area (Å²) in [5.74, 6) is 0. The van der Waals surface area contributed by atoms with E-state index in [-0.39, 0.29) is 11.1 Å². The molecule has 0 bridgehead atoms. The number of aromatic nitrogens is 2. The van der Waals surface area contributed by atoms with Gasteiger partial charge < -0.3 is 5.32 Å². The molecule has 1 aliphatic rings. The van der Waals surface area contributed by atoms with Crippen LogP contribution in [-0.4, -0.2) is 30.7 Å². The Balaban J connectivity index is 2.09. The summed E-state index contributed by atoms with van der Waals surface area (Å²) in [6, 6.07) is 0.368. The van der Waals surface area contributed by atoms with E-state index in [1.54, 1.807) is 6.20 Å². The lowest BCUT2D eigenvalue weighted by molar-refractivity contribution is 0.543. The molecule has 0 spiro atoms. The molecule has 0 saturated heterocycles. The predicted molar refractivity (Wildman–Crippen MR) is 73.1 cm³/mol. The van der Waals surface area contributed by atoms with E-state index in [0.29, 0.717) is 18.2 Å². The maximum absolute atomic E-state index is 12.3. The van der Waals surface area contributed by atoms with E-state index < -0.39 is 10.0 Å². The Labute approximate surface area is 114 Å². The minimum absolute atomic E-state index is 0.0687. The Hall–Kier alpha value is -0.920. The van der Waals surface area contributed by atoms with Gasteiger partial charge in [-0.1, -0.05) is 26.7 Å². The van der Waals surface area contributed by atoms with E-state index in [2.05, 4.69) is 20.2 Å². The van der Waals surface area contributed by atoms with Crippen LogP contribution in [0.3, 0.4) is 0 Å². The highest BCUT2D eigenvalue weighted by atomic mass is 32.2. The minimum atomic E-state index is -3.49. The third-order valence-corrected chi connectivity index (χ3v) is 4.86. The van der Waals surface area contributed by atoms with Gasteiger partial charge >= 0.3 is 0 Å². The molecule has 7 heteroatoms. The normalized spacial score (nSPS) is 17.4. The molecule has 0 unspecified atom stereocenters. The molecule has 6 nitrogen and oxygen atoms in total. The molecule has 1 aromatic heterocycles. The van der Waals surface area contributed by atoms with Crippen molar-refractivity contribution in [2.75, 3.05) is 0 Å². The smallest absolute Gasteiger partial charge is 0.258 e. The van der Waals surface area contributed by atoms with Crippen molar-refractivity contribution < 1.29 is 8.42 Å². The van der Waals surface area contributed by atoms with Crippen LogP contribution in [0.5, 0.6) is 0 Å². The van der Waals surface area contributed by atoms with E-state index in [0.717, 1.165) is 25.7 Å². The van der Waals surface area contributed by atoms with Crippen molar-refractivity contribution in [3.05, 3.63) is 11.8 Å². The van der Waals surface area contributed by atoms with Crippen LogP contribution in [0.4, 0.5) is 0 Å². The Kier molecular flexibility index (Phi) is 4.59. The maximum Gasteiger partial charge on any atom is 0.258 e. The van der Waals surface area contributed by atoms with Gasteiger partial charge in [-0.15, -0.1) is 0 Å². The fourth-order valence-electron chi connectivity index (χ4n) is 2.29. The molecule has 1 aromatic rings. The zero-order chi connectivity index (χ0) is 13.9. The first-order valence-corrected chi connectivity index (χ1v) is 8.25. The fraction of sp³-hybridized carbons (Fsp3) is 0.750. The van der Waals surface area contributed by atoms with Gasteiger partial charge in [0.05, 0.1) is 6.20 Å². The molecule has 1 heterocycles. The third kappa shape index (κ3) is 3.77. The second-order valence-corrected chi connectivity index (χ2v) is 7.01. The molecule has 0 aliphatic heterocycles. The van der Waals surface area contributed by atoms with E-state index in [9.17, 15) is 8.42 Å². The van der Waals surface area contributed by atoms with Gasteiger partial charge in [0, 0.05) is 24.2 Å². The van der Waals surface area contributed by atoms with Gasteiger partial charge in [-0.2, -0.15) is 5.10 Å². The number of aromatic amines is 1. The van der Waals surface area contributed by atoms with Crippen LogP contribution in [0, 0.1) is 0 Å². The van der Waals surface area contributed by atoms with Crippen LogP contribution in [0.25, 0.3) is 0 Å². The molecule has 19 heavy (non-hydrogen) atoms. The van der Waals surface area contributed by atoms with Crippen LogP contribution in [0.1, 0.15) is 45.1 Å². The van der Waals surface area contributed by atoms with Crippen molar-refractivity contribution >= 4 is 10.0 Å². The zero-order valence-corrected chi connectivity index (χ0v) is 12.3. The number of hydrogen-bond donors (Lipinski definition) is 3. The van der Waals surface area contributed by atoms with Gasteiger partial charge in [0.1, 0.15) is 0 Å². The molecule has 0 aromatic carbocycles. The van der Waals surface area contributed by atoms with Crippen LogP contribution in [0.15, 0.2) is 11.2 Å². The maximum atomic E-state index is 12.3. The molecule has 0 radical (unpaired) electrons. The zero-order valence-electron chi connectivity index (χ0n) is 11.4. The average molecular weight is 286 g/mol. The summed E-state index contributed by atoms with van der Waals surface area (Å²) in [6.45, 7) is 4.53. The SMILES string of the molecule is CC(C)NCc1cn[nH]c1S(=O)(=O)NC1CCCC1. The van der Waals surface area contributed by atoms with Crippen LogP contribution >= 0.6 is 0 Å². The average Bonchev–Trinajstić information content (AvgIpc) is 2.95. The van der Waals surface area contributed by atoms with Crippen molar-refractivity contribution in [1.82, 2.24) is 20.2 Å². The van der Waals surface area contributed by atoms with Gasteiger partial charge in [0.25, 0.3) is 10.0 Å². The monoisotopic (exact) mass is 286 g/mol. The van der Waals surface area contributed by atoms with Gasteiger partial charge in [0.2, 0.25) is 0 Å². The topological polar surface area (TPSA) is 86.9 Å². The first-order chi connectivity index (χ1) is 8.99. The summed E-state index contributed by atoms with van der Waals surface area (Å²) < 4.78 is 27.4. The van der Waals surface area contributed by atoms with Crippen molar-refractivity contribution in [1.29, 1.82) is 0 Å². The molecule has 3 N–H and O–H groups in total. The van der Waals surface area contributed by atoms with Gasteiger partial charge in [-0.3, -0.25) is 5.10 Å². The quantitative estimate of drug-likeness (QED) is 0.731. The van der Waals surface area contributed by atoms with Crippen molar-refractivity contribution in [2.24, 2.45) is 0 Å². The molecule has 1 aliphatic carbocycles. The minimum Gasteiger partial charge on any atom is -0.310 e. The second-order valence-electron chi connectivity index (χ2n) is 5.36. The highest BCUT2D eigenvalue weighted by Gasteiger charge is 2.26. The summed E-state index contributed by atoms with van der Waals surface area (Å²) in [5, 5.41) is 9.85. The summed E-state index contributed by atoms with van der Waals surface area (Å²) in [5.41, 5.74) is 0.680. The first kappa shape index (κ1) is 14.5. The van der Waals surface area contributed by atoms with Gasteiger partial charge in [-0.05, 0) is 12.8 Å². The van der Waals surface area contributed by atoms with E-state index in [4.69, 9.17) is 0 Å². The van der Waals surface area contributed by atoms with Crippen molar-refractivity contribution in [3.8, 4) is 0 Å². The lowest BCUT2D eigenvalue weighted by atomic mass is 10.3. The molecule has 0 atom stereocenters. The van der Waals surface area contributed by atoms with Crippen LogP contribution < -0.4 is 10.0 Å². The predicted octanol–water partition coefficient (Wildman–Crippen LogP) is 1.13. The second kappa shape index (κ2) is 6.02. The number of H-pyrrole nitrogens is 1. The summed E-state index contributed by atoms with van der Waals surface area (Å²) in [7, 11) is -3.49. The van der Waals surface area contributed by atoms with E-state index in [1.165, 1.54) is 0 Å². The number of nitrogens with zero attached hydrogens (tertiary/aromatic N) is 1. The van der Waals surface area contributed by atoms with E-state index in [1.807, 2.05) is 13.8 Å². The summed E-state index contributed by atoms with van der Waals surface area (Å²) >= 11 is 0. The summed E-state index contributed by atoms with van der Waals surface area (Å²) in [4.78, 5) is 0. The number of nitrogens with one attached hydrogen (secondary N) is 3.